The first-order valence-electron chi connectivity index (χ1n) is 4.69. The minimum atomic E-state index is -0.438. The minimum absolute atomic E-state index is 0.287. The molecule has 0 aromatic rings. The van der Waals surface area contributed by atoms with Gasteiger partial charge in [-0.05, 0) is 12.5 Å². The molecule has 1 aliphatic rings. The number of hydrogen-bond donors (Lipinski definition) is 0. The van der Waals surface area contributed by atoms with E-state index in [4.69, 9.17) is 9.47 Å². The lowest BCUT2D eigenvalue weighted by atomic mass is 10.1. The number of cyclic esters (lactones) is 1. The Morgan fingerprint density at radius 1 is 1.71 bits per heavy atom. The lowest BCUT2D eigenvalue weighted by Crippen LogP contribution is -2.22. The van der Waals surface area contributed by atoms with E-state index < -0.39 is 6.10 Å². The molecule has 1 heterocycles. The topological polar surface area (TPSA) is 52.6 Å². The van der Waals surface area contributed by atoms with E-state index in [9.17, 15) is 9.59 Å². The molecule has 0 N–H and O–H groups in total. The summed E-state index contributed by atoms with van der Waals surface area (Å²) in [6, 6.07) is 0. The normalized spacial score (nSPS) is 17.3. The fourth-order valence-electron chi connectivity index (χ4n) is 1.38. The monoisotopic (exact) mass is 198 g/mol. The molecule has 1 unspecified atom stereocenters. The number of ether oxygens (including phenoxy) is 2. The molecule has 0 bridgehead atoms. The van der Waals surface area contributed by atoms with Gasteiger partial charge in [-0.15, -0.1) is 0 Å². The van der Waals surface area contributed by atoms with Crippen molar-refractivity contribution in [3.63, 3.8) is 0 Å². The fraction of sp³-hybridized carbons (Fsp3) is 0.600. The third-order valence-electron chi connectivity index (χ3n) is 1.96. The Kier molecular flexibility index (Phi) is 3.68. The van der Waals surface area contributed by atoms with Crippen LogP contribution in [0.1, 0.15) is 26.7 Å². The summed E-state index contributed by atoms with van der Waals surface area (Å²) >= 11 is 0. The van der Waals surface area contributed by atoms with Crippen LogP contribution in [-0.2, 0) is 19.1 Å². The summed E-state index contributed by atoms with van der Waals surface area (Å²) in [6.07, 6.45) is 2.74. The van der Waals surface area contributed by atoms with Gasteiger partial charge in [-0.3, -0.25) is 4.79 Å². The Morgan fingerprint density at radius 2 is 2.43 bits per heavy atom. The van der Waals surface area contributed by atoms with Crippen molar-refractivity contribution in [3.8, 4) is 0 Å². The van der Waals surface area contributed by atoms with Crippen LogP contribution in [0.2, 0.25) is 0 Å². The number of carbonyl (C=O) groups excluding carboxylic acids is 2. The van der Waals surface area contributed by atoms with E-state index in [0.717, 1.165) is 6.42 Å². The Morgan fingerprint density at radius 3 is 2.86 bits per heavy atom. The van der Waals surface area contributed by atoms with E-state index in [1.807, 2.05) is 6.92 Å². The van der Waals surface area contributed by atoms with Crippen molar-refractivity contribution in [1.29, 1.82) is 0 Å². The van der Waals surface area contributed by atoms with Crippen LogP contribution in [0.15, 0.2) is 11.6 Å². The molecule has 0 aromatic heterocycles. The van der Waals surface area contributed by atoms with E-state index in [2.05, 4.69) is 0 Å². The number of carbonyl (C=O) groups is 2. The van der Waals surface area contributed by atoms with Gasteiger partial charge < -0.3 is 9.47 Å². The molecule has 0 radical (unpaired) electrons. The van der Waals surface area contributed by atoms with E-state index in [1.165, 1.54) is 6.92 Å². The van der Waals surface area contributed by atoms with Gasteiger partial charge >= 0.3 is 11.9 Å². The molecule has 0 saturated heterocycles. The zero-order valence-electron chi connectivity index (χ0n) is 8.41. The van der Waals surface area contributed by atoms with Crippen molar-refractivity contribution < 1.29 is 19.1 Å². The molecule has 1 rings (SSSR count). The third-order valence-corrected chi connectivity index (χ3v) is 1.96. The number of rotatable bonds is 4. The lowest BCUT2D eigenvalue weighted by molar-refractivity contribution is -0.146. The molecule has 4 nitrogen and oxygen atoms in total. The Hall–Kier alpha value is -1.32. The molecule has 0 fully saturated rings. The molecule has 14 heavy (non-hydrogen) atoms. The van der Waals surface area contributed by atoms with Crippen LogP contribution >= 0.6 is 0 Å². The summed E-state index contributed by atoms with van der Waals surface area (Å²) < 4.78 is 9.79. The summed E-state index contributed by atoms with van der Waals surface area (Å²) in [7, 11) is 0. The fourth-order valence-corrected chi connectivity index (χ4v) is 1.38. The maximum Gasteiger partial charge on any atom is 0.337 e. The maximum atomic E-state index is 11.2. The van der Waals surface area contributed by atoms with Crippen molar-refractivity contribution in [3.05, 3.63) is 11.6 Å². The van der Waals surface area contributed by atoms with Crippen molar-refractivity contribution in [2.45, 2.75) is 32.8 Å². The molecule has 0 spiro atoms. The largest absolute Gasteiger partial charge is 0.458 e. The van der Waals surface area contributed by atoms with E-state index in [-0.39, 0.29) is 18.5 Å². The highest BCUT2D eigenvalue weighted by Crippen LogP contribution is 2.18. The van der Waals surface area contributed by atoms with Crippen LogP contribution in [0.4, 0.5) is 0 Å². The van der Waals surface area contributed by atoms with Gasteiger partial charge in [0.2, 0.25) is 0 Å². The first kappa shape index (κ1) is 10.8. The van der Waals surface area contributed by atoms with Crippen LogP contribution in [0.25, 0.3) is 0 Å². The van der Waals surface area contributed by atoms with Gasteiger partial charge in [0.1, 0.15) is 12.7 Å². The van der Waals surface area contributed by atoms with Gasteiger partial charge in [-0.1, -0.05) is 13.3 Å². The van der Waals surface area contributed by atoms with Gasteiger partial charge in [-0.25, -0.2) is 4.79 Å². The molecule has 0 saturated carbocycles. The van der Waals surface area contributed by atoms with Crippen molar-refractivity contribution in [1.82, 2.24) is 0 Å². The van der Waals surface area contributed by atoms with E-state index >= 15 is 0 Å². The zero-order chi connectivity index (χ0) is 10.6. The molecular weight excluding hydrogens is 184 g/mol. The van der Waals surface area contributed by atoms with Gasteiger partial charge in [0, 0.05) is 6.92 Å². The molecule has 1 atom stereocenters. The van der Waals surface area contributed by atoms with Crippen molar-refractivity contribution in [2.75, 3.05) is 6.61 Å². The minimum Gasteiger partial charge on any atom is -0.458 e. The van der Waals surface area contributed by atoms with Crippen molar-refractivity contribution >= 4 is 11.9 Å². The molecule has 0 amide bonds. The highest BCUT2D eigenvalue weighted by Gasteiger charge is 2.27. The van der Waals surface area contributed by atoms with Gasteiger partial charge in [-0.2, -0.15) is 0 Å². The summed E-state index contributed by atoms with van der Waals surface area (Å²) in [5.41, 5.74) is 0.474. The lowest BCUT2D eigenvalue weighted by Gasteiger charge is -2.15. The first-order chi connectivity index (χ1) is 6.65. The first-order valence-corrected chi connectivity index (χ1v) is 4.69. The summed E-state index contributed by atoms with van der Waals surface area (Å²) in [4.78, 5) is 22.0. The Bertz CT molecular complexity index is 267. The van der Waals surface area contributed by atoms with Gasteiger partial charge in [0.15, 0.2) is 0 Å². The smallest absolute Gasteiger partial charge is 0.337 e. The highest BCUT2D eigenvalue weighted by atomic mass is 16.6. The number of esters is 2. The van der Waals surface area contributed by atoms with E-state index in [1.54, 1.807) is 6.08 Å². The molecular formula is C10H14O4. The summed E-state index contributed by atoms with van der Waals surface area (Å²) in [6.45, 7) is 3.59. The van der Waals surface area contributed by atoms with Gasteiger partial charge in [0.05, 0.1) is 5.57 Å². The second-order valence-electron chi connectivity index (χ2n) is 3.14. The van der Waals surface area contributed by atoms with Crippen LogP contribution < -0.4 is 0 Å². The summed E-state index contributed by atoms with van der Waals surface area (Å²) in [5.74, 6) is -0.742. The predicted octanol–water partition coefficient (Wildman–Crippen LogP) is 1.20. The Balaban J connectivity index is 2.66. The second-order valence-corrected chi connectivity index (χ2v) is 3.14. The molecule has 1 aliphatic heterocycles. The molecule has 4 heteroatoms. The van der Waals surface area contributed by atoms with Crippen LogP contribution in [-0.4, -0.2) is 24.6 Å². The average molecular weight is 198 g/mol. The number of hydrogen-bond acceptors (Lipinski definition) is 4. The highest BCUT2D eigenvalue weighted by molar-refractivity contribution is 5.91. The van der Waals surface area contributed by atoms with E-state index in [0.29, 0.717) is 12.0 Å². The summed E-state index contributed by atoms with van der Waals surface area (Å²) in [5, 5.41) is 0. The third kappa shape index (κ3) is 2.58. The SMILES string of the molecule is CCCC(OC(C)=O)C1=CCOC1=O. The molecule has 78 valence electrons. The zero-order valence-corrected chi connectivity index (χ0v) is 8.41. The Labute approximate surface area is 82.9 Å². The maximum absolute atomic E-state index is 11.2. The predicted molar refractivity (Wildman–Crippen MR) is 49.5 cm³/mol. The molecule has 0 aliphatic carbocycles. The van der Waals surface area contributed by atoms with Crippen LogP contribution in [0, 0.1) is 0 Å². The average Bonchev–Trinajstić information content (AvgIpc) is 2.50. The second kappa shape index (κ2) is 4.79. The van der Waals surface area contributed by atoms with Crippen LogP contribution in [0.3, 0.4) is 0 Å². The quantitative estimate of drug-likeness (QED) is 0.637. The van der Waals surface area contributed by atoms with Crippen molar-refractivity contribution in [2.24, 2.45) is 0 Å². The van der Waals surface area contributed by atoms with Crippen LogP contribution in [0.5, 0.6) is 0 Å². The van der Waals surface area contributed by atoms with Gasteiger partial charge in [0.25, 0.3) is 0 Å². The molecule has 0 aromatic carbocycles. The standard InChI is InChI=1S/C10H14O4/c1-3-4-9(14-7(2)11)8-5-6-13-10(8)12/h5,9H,3-4,6H2,1-2H3.